The molecule has 0 bridgehead atoms. The molecular formula is C17H26Cl2N2. The predicted molar refractivity (Wildman–Crippen MR) is 92.1 cm³/mol. The average molecular weight is 329 g/mol. The van der Waals surface area contributed by atoms with E-state index in [1.165, 1.54) is 0 Å². The first-order chi connectivity index (χ1) is 9.90. The van der Waals surface area contributed by atoms with Gasteiger partial charge in [0.2, 0.25) is 0 Å². The summed E-state index contributed by atoms with van der Waals surface area (Å²) < 4.78 is 0. The smallest absolute Gasteiger partial charge is 0.0637 e. The van der Waals surface area contributed by atoms with Crippen molar-refractivity contribution in [2.45, 2.75) is 46.3 Å². The van der Waals surface area contributed by atoms with Gasteiger partial charge in [0.05, 0.1) is 10.0 Å². The minimum Gasteiger partial charge on any atom is -0.311 e. The zero-order valence-electron chi connectivity index (χ0n) is 13.4. The fourth-order valence-electron chi connectivity index (χ4n) is 3.03. The Bertz CT molecular complexity index is 474. The highest BCUT2D eigenvalue weighted by atomic mass is 35.5. The van der Waals surface area contributed by atoms with E-state index in [4.69, 9.17) is 23.2 Å². The van der Waals surface area contributed by atoms with Crippen LogP contribution < -0.4 is 5.32 Å². The molecule has 0 spiro atoms. The largest absolute Gasteiger partial charge is 0.311 e. The van der Waals surface area contributed by atoms with Crippen molar-refractivity contribution in [1.82, 2.24) is 10.2 Å². The Kier molecular flexibility index (Phi) is 5.96. The molecule has 1 aliphatic rings. The molecule has 0 radical (unpaired) electrons. The lowest BCUT2D eigenvalue weighted by molar-refractivity contribution is 0.0784. The predicted octanol–water partition coefficient (Wildman–Crippen LogP) is 4.45. The van der Waals surface area contributed by atoms with Crippen LogP contribution in [0.1, 0.15) is 33.3 Å². The standard InChI is InChI=1S/C17H26Cl2N2/c1-11(2)15-10-21(16(8-20-15)12(3)4)9-13-6-5-7-14(18)17(13)19/h5-7,11-12,15-16,20H,8-10H2,1-4H3. The summed E-state index contributed by atoms with van der Waals surface area (Å²) in [5.74, 6) is 1.25. The van der Waals surface area contributed by atoms with Crippen LogP contribution in [0.25, 0.3) is 0 Å². The van der Waals surface area contributed by atoms with Crippen molar-refractivity contribution in [1.29, 1.82) is 0 Å². The van der Waals surface area contributed by atoms with Crippen molar-refractivity contribution in [3.8, 4) is 0 Å². The fraction of sp³-hybridized carbons (Fsp3) is 0.647. The van der Waals surface area contributed by atoms with Crippen LogP contribution in [0.3, 0.4) is 0 Å². The number of benzene rings is 1. The molecule has 21 heavy (non-hydrogen) atoms. The molecule has 0 saturated carbocycles. The van der Waals surface area contributed by atoms with Crippen LogP contribution in [0.15, 0.2) is 18.2 Å². The van der Waals surface area contributed by atoms with Gasteiger partial charge in [0, 0.05) is 31.7 Å². The summed E-state index contributed by atoms with van der Waals surface area (Å²) in [5.41, 5.74) is 1.12. The van der Waals surface area contributed by atoms with E-state index in [1.807, 2.05) is 12.1 Å². The van der Waals surface area contributed by atoms with Crippen LogP contribution in [0, 0.1) is 11.8 Å². The van der Waals surface area contributed by atoms with Crippen molar-refractivity contribution in [3.63, 3.8) is 0 Å². The molecule has 1 saturated heterocycles. The van der Waals surface area contributed by atoms with Crippen molar-refractivity contribution < 1.29 is 0 Å². The Hall–Kier alpha value is -0.280. The topological polar surface area (TPSA) is 15.3 Å². The summed E-state index contributed by atoms with van der Waals surface area (Å²) in [5, 5.41) is 5.03. The van der Waals surface area contributed by atoms with Gasteiger partial charge in [-0.15, -0.1) is 0 Å². The quantitative estimate of drug-likeness (QED) is 0.878. The van der Waals surface area contributed by atoms with E-state index >= 15 is 0 Å². The fourth-order valence-corrected chi connectivity index (χ4v) is 3.41. The molecule has 1 aliphatic heterocycles. The first kappa shape index (κ1) is 17.1. The molecule has 1 aromatic rings. The van der Waals surface area contributed by atoms with Gasteiger partial charge in [-0.3, -0.25) is 4.90 Å². The Morgan fingerprint density at radius 2 is 1.90 bits per heavy atom. The number of hydrogen-bond donors (Lipinski definition) is 1. The second-order valence-electron chi connectivity index (χ2n) is 6.71. The van der Waals surface area contributed by atoms with Crippen molar-refractivity contribution in [2.24, 2.45) is 11.8 Å². The summed E-state index contributed by atoms with van der Waals surface area (Å²) in [6.07, 6.45) is 0. The Morgan fingerprint density at radius 3 is 2.52 bits per heavy atom. The van der Waals surface area contributed by atoms with Gasteiger partial charge in [-0.1, -0.05) is 63.0 Å². The van der Waals surface area contributed by atoms with Crippen molar-refractivity contribution in [2.75, 3.05) is 13.1 Å². The summed E-state index contributed by atoms with van der Waals surface area (Å²) in [4.78, 5) is 2.56. The molecule has 0 aromatic heterocycles. The Balaban J connectivity index is 2.18. The third-order valence-electron chi connectivity index (χ3n) is 4.47. The van der Waals surface area contributed by atoms with Gasteiger partial charge in [-0.2, -0.15) is 0 Å². The van der Waals surface area contributed by atoms with E-state index in [9.17, 15) is 0 Å². The van der Waals surface area contributed by atoms with Gasteiger partial charge >= 0.3 is 0 Å². The van der Waals surface area contributed by atoms with Gasteiger partial charge in [0.25, 0.3) is 0 Å². The molecule has 1 aromatic carbocycles. The van der Waals surface area contributed by atoms with Crippen LogP contribution in [0.4, 0.5) is 0 Å². The highest BCUT2D eigenvalue weighted by Crippen LogP contribution is 2.28. The highest BCUT2D eigenvalue weighted by molar-refractivity contribution is 6.42. The van der Waals surface area contributed by atoms with Gasteiger partial charge in [0.1, 0.15) is 0 Å². The SMILES string of the molecule is CC(C)C1CN(Cc2cccc(Cl)c2Cl)C(C(C)C)CN1. The number of piperazine rings is 1. The normalized spacial score (nSPS) is 24.0. The highest BCUT2D eigenvalue weighted by Gasteiger charge is 2.31. The molecule has 1 N–H and O–H groups in total. The number of nitrogens with zero attached hydrogens (tertiary/aromatic N) is 1. The summed E-state index contributed by atoms with van der Waals surface area (Å²) in [6, 6.07) is 6.99. The molecule has 2 atom stereocenters. The number of rotatable bonds is 4. The first-order valence-corrected chi connectivity index (χ1v) is 8.56. The number of halogens is 2. The van der Waals surface area contributed by atoms with Crippen LogP contribution >= 0.6 is 23.2 Å². The molecule has 4 heteroatoms. The second kappa shape index (κ2) is 7.32. The maximum atomic E-state index is 6.36. The van der Waals surface area contributed by atoms with Crippen LogP contribution in [0.5, 0.6) is 0 Å². The maximum Gasteiger partial charge on any atom is 0.0637 e. The maximum absolute atomic E-state index is 6.36. The molecule has 0 aliphatic carbocycles. The minimum absolute atomic E-state index is 0.537. The summed E-state index contributed by atoms with van der Waals surface area (Å²) in [6.45, 7) is 12.1. The van der Waals surface area contributed by atoms with E-state index in [2.05, 4.69) is 44.0 Å². The monoisotopic (exact) mass is 328 g/mol. The molecule has 2 rings (SSSR count). The Morgan fingerprint density at radius 1 is 1.19 bits per heavy atom. The minimum atomic E-state index is 0.537. The van der Waals surface area contributed by atoms with Crippen molar-refractivity contribution in [3.05, 3.63) is 33.8 Å². The lowest BCUT2D eigenvalue weighted by Gasteiger charge is -2.44. The van der Waals surface area contributed by atoms with E-state index in [0.717, 1.165) is 25.2 Å². The van der Waals surface area contributed by atoms with E-state index in [1.54, 1.807) is 0 Å². The third-order valence-corrected chi connectivity index (χ3v) is 5.33. The van der Waals surface area contributed by atoms with Crippen LogP contribution in [-0.2, 0) is 6.54 Å². The van der Waals surface area contributed by atoms with Crippen LogP contribution in [0.2, 0.25) is 10.0 Å². The molecule has 2 nitrogen and oxygen atoms in total. The molecule has 1 heterocycles. The van der Waals surface area contributed by atoms with Gasteiger partial charge in [0.15, 0.2) is 0 Å². The molecule has 1 fully saturated rings. The summed E-state index contributed by atoms with van der Waals surface area (Å²) in [7, 11) is 0. The van der Waals surface area contributed by atoms with E-state index in [0.29, 0.717) is 34.0 Å². The average Bonchev–Trinajstić information content (AvgIpc) is 2.43. The van der Waals surface area contributed by atoms with Crippen LogP contribution in [-0.4, -0.2) is 30.1 Å². The number of nitrogens with one attached hydrogen (secondary N) is 1. The van der Waals surface area contributed by atoms with Gasteiger partial charge < -0.3 is 5.32 Å². The summed E-state index contributed by atoms with van der Waals surface area (Å²) >= 11 is 12.5. The van der Waals surface area contributed by atoms with E-state index < -0.39 is 0 Å². The molecule has 118 valence electrons. The Labute approximate surface area is 138 Å². The zero-order valence-corrected chi connectivity index (χ0v) is 14.9. The first-order valence-electron chi connectivity index (χ1n) is 7.80. The number of hydrogen-bond acceptors (Lipinski definition) is 2. The molecule has 2 unspecified atom stereocenters. The second-order valence-corrected chi connectivity index (χ2v) is 7.50. The molecular weight excluding hydrogens is 303 g/mol. The van der Waals surface area contributed by atoms with E-state index in [-0.39, 0.29) is 0 Å². The van der Waals surface area contributed by atoms with Gasteiger partial charge in [-0.25, -0.2) is 0 Å². The lowest BCUT2D eigenvalue weighted by Crippen LogP contribution is -2.59. The van der Waals surface area contributed by atoms with Crippen molar-refractivity contribution >= 4 is 23.2 Å². The molecule has 0 amide bonds. The third kappa shape index (κ3) is 4.13. The zero-order chi connectivity index (χ0) is 15.6. The van der Waals surface area contributed by atoms with Gasteiger partial charge in [-0.05, 0) is 23.5 Å². The lowest BCUT2D eigenvalue weighted by atomic mass is 9.94.